The van der Waals surface area contributed by atoms with Crippen molar-refractivity contribution in [1.29, 1.82) is 0 Å². The number of hydrogen-bond donors (Lipinski definition) is 2. The number of hydrogen-bond acceptors (Lipinski definition) is 3. The lowest BCUT2D eigenvalue weighted by atomic mass is 9.86. The zero-order valence-corrected chi connectivity index (χ0v) is 26.9. The molecule has 1 heterocycles. The predicted molar refractivity (Wildman–Crippen MR) is 179 cm³/mol. The molecular weight excluding hydrogens is 574 g/mol. The van der Waals surface area contributed by atoms with Crippen LogP contribution in [0.2, 0.25) is 0 Å². The molecule has 2 N–H and O–H groups in total. The van der Waals surface area contributed by atoms with Crippen molar-refractivity contribution in [3.8, 4) is 22.5 Å². The highest BCUT2D eigenvalue weighted by Crippen LogP contribution is 2.34. The van der Waals surface area contributed by atoms with Gasteiger partial charge in [-0.2, -0.15) is 0 Å². The second-order valence-electron chi connectivity index (χ2n) is 12.0. The van der Waals surface area contributed by atoms with Gasteiger partial charge in [0.25, 0.3) is 0 Å². The number of halogens is 2. The largest absolute Gasteiger partial charge is 0.332 e. The summed E-state index contributed by atoms with van der Waals surface area (Å²) < 4.78 is 27.6. The van der Waals surface area contributed by atoms with E-state index in [1.54, 1.807) is 16.7 Å². The molecule has 2 amide bonds. The Hall–Kier alpha value is -3.65. The molecule has 0 aliphatic rings. The first-order valence-corrected chi connectivity index (χ1v) is 16.6. The van der Waals surface area contributed by atoms with Gasteiger partial charge in [0, 0.05) is 36.0 Å². The van der Waals surface area contributed by atoms with Crippen LogP contribution >= 0.6 is 11.8 Å². The number of unbranched alkanes of at least 4 members (excludes halogenated alkanes) is 4. The number of benzene rings is 3. The number of anilines is 1. The van der Waals surface area contributed by atoms with Crippen molar-refractivity contribution in [2.75, 3.05) is 24.2 Å². The number of nitrogens with one attached hydrogen (secondary N) is 2. The molecule has 5 nitrogen and oxygen atoms in total. The van der Waals surface area contributed by atoms with Gasteiger partial charge in [0.05, 0.1) is 17.1 Å². The number of aromatic amines is 1. The van der Waals surface area contributed by atoms with Crippen LogP contribution in [0.4, 0.5) is 19.3 Å². The van der Waals surface area contributed by atoms with Crippen LogP contribution in [0.25, 0.3) is 22.5 Å². The highest BCUT2D eigenvalue weighted by Gasteiger charge is 2.23. The first-order valence-electron chi connectivity index (χ1n) is 15.6. The van der Waals surface area contributed by atoms with Gasteiger partial charge in [-0.3, -0.25) is 0 Å². The number of H-pyrrole nitrogens is 1. The molecular formula is C36H44F2N4OS. The zero-order chi connectivity index (χ0) is 31.4. The van der Waals surface area contributed by atoms with Gasteiger partial charge in [-0.05, 0) is 36.8 Å². The molecule has 0 saturated carbocycles. The zero-order valence-electron chi connectivity index (χ0n) is 26.0. The number of aromatic nitrogens is 2. The van der Waals surface area contributed by atoms with Crippen LogP contribution in [-0.2, 0) is 0 Å². The Kier molecular flexibility index (Phi) is 12.4. The molecule has 0 radical (unpaired) electrons. The van der Waals surface area contributed by atoms with Crippen molar-refractivity contribution < 1.29 is 13.6 Å². The summed E-state index contributed by atoms with van der Waals surface area (Å²) in [6.07, 6.45) is 7.12. The minimum atomic E-state index is -0.776. The minimum Gasteiger partial charge on any atom is -0.332 e. The maximum absolute atomic E-state index is 14.3. The number of carbonyl (C=O) groups excluding carboxylic acids is 1. The van der Waals surface area contributed by atoms with Crippen molar-refractivity contribution in [1.82, 2.24) is 14.9 Å². The average molecular weight is 619 g/mol. The third-order valence-electron chi connectivity index (χ3n) is 7.86. The van der Waals surface area contributed by atoms with E-state index in [4.69, 9.17) is 4.98 Å². The Morgan fingerprint density at radius 3 is 2.25 bits per heavy atom. The van der Waals surface area contributed by atoms with Crippen LogP contribution in [0.3, 0.4) is 0 Å². The minimum absolute atomic E-state index is 0.00812. The lowest BCUT2D eigenvalue weighted by Gasteiger charge is -2.30. The number of urea groups is 1. The summed E-state index contributed by atoms with van der Waals surface area (Å²) in [6.45, 7) is 7.76. The summed E-state index contributed by atoms with van der Waals surface area (Å²) in [4.78, 5) is 23.5. The van der Waals surface area contributed by atoms with Crippen LogP contribution in [-0.4, -0.2) is 39.7 Å². The van der Waals surface area contributed by atoms with Crippen molar-refractivity contribution in [2.24, 2.45) is 5.41 Å². The van der Waals surface area contributed by atoms with E-state index in [2.05, 4.69) is 55.3 Å². The molecule has 1 aromatic heterocycles. The molecule has 0 aliphatic heterocycles. The molecule has 234 valence electrons. The van der Waals surface area contributed by atoms with Crippen LogP contribution in [0, 0.1) is 17.0 Å². The molecule has 0 fully saturated rings. The Bertz CT molecular complexity index is 1400. The first-order chi connectivity index (χ1) is 21.3. The molecule has 0 bridgehead atoms. The van der Waals surface area contributed by atoms with Crippen molar-refractivity contribution >= 4 is 23.5 Å². The fourth-order valence-corrected chi connectivity index (χ4v) is 6.21. The molecule has 44 heavy (non-hydrogen) atoms. The van der Waals surface area contributed by atoms with Gasteiger partial charge in [-0.1, -0.05) is 119 Å². The normalized spacial score (nSPS) is 11.5. The smallest absolute Gasteiger partial charge is 0.321 e. The van der Waals surface area contributed by atoms with Crippen LogP contribution in [0.15, 0.2) is 84.0 Å². The number of thioether (sulfide) groups is 1. The summed E-state index contributed by atoms with van der Waals surface area (Å²) in [6, 6.07) is 23.3. The quantitative estimate of drug-likeness (QED) is 0.0970. The summed E-state index contributed by atoms with van der Waals surface area (Å²) in [5.41, 5.74) is 4.08. The fraction of sp³-hybridized carbons (Fsp3) is 0.389. The molecule has 8 heteroatoms. The van der Waals surface area contributed by atoms with E-state index in [-0.39, 0.29) is 17.1 Å². The SMILES string of the molecule is CCCCCCCN(CCC(C)(C)CCSc1nc(-c2ccccc2)c(-c2ccccc2)[nH]1)C(=O)Nc1ccc(F)cc1F. The highest BCUT2D eigenvalue weighted by molar-refractivity contribution is 7.99. The fourth-order valence-electron chi connectivity index (χ4n) is 5.03. The number of amides is 2. The summed E-state index contributed by atoms with van der Waals surface area (Å²) in [7, 11) is 0. The standard InChI is InChI=1S/C36H44F2N4OS/c1-4-5-6-7-14-23-42(35(43)39-31-20-19-29(37)26-30(31)38)24-21-36(2,3)22-25-44-34-40-32(27-15-10-8-11-16-27)33(41-34)28-17-12-9-13-18-28/h8-13,15-20,26H,4-7,14,21-25H2,1-3H3,(H,39,43)(H,40,41). The first kappa shape index (κ1) is 33.2. The number of imidazole rings is 1. The van der Waals surface area contributed by atoms with Crippen LogP contribution in [0.1, 0.15) is 65.7 Å². The van der Waals surface area contributed by atoms with Gasteiger partial charge in [0.15, 0.2) is 5.16 Å². The van der Waals surface area contributed by atoms with Gasteiger partial charge in [-0.25, -0.2) is 18.6 Å². The topological polar surface area (TPSA) is 61.0 Å². The lowest BCUT2D eigenvalue weighted by molar-refractivity contribution is 0.195. The van der Waals surface area contributed by atoms with Gasteiger partial charge in [0.1, 0.15) is 11.6 Å². The van der Waals surface area contributed by atoms with Crippen LogP contribution < -0.4 is 5.32 Å². The summed E-state index contributed by atoms with van der Waals surface area (Å²) in [5.74, 6) is -0.579. The Morgan fingerprint density at radius 2 is 1.57 bits per heavy atom. The van der Waals surface area contributed by atoms with E-state index in [1.807, 2.05) is 36.4 Å². The summed E-state index contributed by atoms with van der Waals surface area (Å²) in [5, 5.41) is 3.54. The average Bonchev–Trinajstić information content (AvgIpc) is 3.45. The second-order valence-corrected chi connectivity index (χ2v) is 13.0. The molecule has 0 saturated heterocycles. The maximum Gasteiger partial charge on any atom is 0.321 e. The highest BCUT2D eigenvalue weighted by atomic mass is 32.2. The third-order valence-corrected chi connectivity index (χ3v) is 8.73. The van der Waals surface area contributed by atoms with Crippen molar-refractivity contribution in [3.63, 3.8) is 0 Å². The Balaban J connectivity index is 1.37. The molecule has 4 aromatic rings. The van der Waals surface area contributed by atoms with Crippen molar-refractivity contribution in [3.05, 3.63) is 90.5 Å². The van der Waals surface area contributed by atoms with E-state index < -0.39 is 11.6 Å². The molecule has 0 spiro atoms. The van der Waals surface area contributed by atoms with E-state index in [1.165, 1.54) is 12.5 Å². The maximum atomic E-state index is 14.3. The van der Waals surface area contributed by atoms with E-state index in [0.29, 0.717) is 13.1 Å². The number of nitrogens with zero attached hydrogens (tertiary/aromatic N) is 2. The third kappa shape index (κ3) is 9.94. The van der Waals surface area contributed by atoms with Gasteiger partial charge in [-0.15, -0.1) is 0 Å². The molecule has 3 aromatic carbocycles. The van der Waals surface area contributed by atoms with Crippen molar-refractivity contribution in [2.45, 2.75) is 70.9 Å². The monoisotopic (exact) mass is 618 g/mol. The molecule has 0 atom stereocenters. The van der Waals surface area contributed by atoms with E-state index in [0.717, 1.165) is 84.1 Å². The Labute approximate surface area is 264 Å². The summed E-state index contributed by atoms with van der Waals surface area (Å²) >= 11 is 1.71. The van der Waals surface area contributed by atoms with Gasteiger partial charge < -0.3 is 15.2 Å². The Morgan fingerprint density at radius 1 is 0.886 bits per heavy atom. The van der Waals surface area contributed by atoms with E-state index >= 15 is 0 Å². The molecule has 4 rings (SSSR count). The number of carbonyl (C=O) groups is 1. The van der Waals surface area contributed by atoms with Gasteiger partial charge >= 0.3 is 6.03 Å². The lowest BCUT2D eigenvalue weighted by Crippen LogP contribution is -2.38. The predicted octanol–water partition coefficient (Wildman–Crippen LogP) is 10.4. The molecule has 0 aliphatic carbocycles. The van der Waals surface area contributed by atoms with E-state index in [9.17, 15) is 13.6 Å². The number of rotatable bonds is 16. The molecule has 0 unspecified atom stereocenters. The van der Waals surface area contributed by atoms with Crippen LogP contribution in [0.5, 0.6) is 0 Å². The van der Waals surface area contributed by atoms with Gasteiger partial charge in [0.2, 0.25) is 0 Å². The second kappa shape index (κ2) is 16.4.